The lowest BCUT2D eigenvalue weighted by Crippen LogP contribution is -2.32. The molecule has 0 bridgehead atoms. The van der Waals surface area contributed by atoms with Gasteiger partial charge in [-0.05, 0) is 61.2 Å². The van der Waals surface area contributed by atoms with E-state index in [1.54, 1.807) is 24.3 Å². The van der Waals surface area contributed by atoms with E-state index in [0.717, 1.165) is 24.7 Å². The highest BCUT2D eigenvalue weighted by molar-refractivity contribution is 7.90. The number of carbonyl (C=O) groups is 1. The minimum Gasteiger partial charge on any atom is -0.494 e. The zero-order valence-corrected chi connectivity index (χ0v) is 16.6. The van der Waals surface area contributed by atoms with Gasteiger partial charge in [-0.1, -0.05) is 12.1 Å². The van der Waals surface area contributed by atoms with Gasteiger partial charge < -0.3 is 10.1 Å². The summed E-state index contributed by atoms with van der Waals surface area (Å²) in [4.78, 5) is 12.3. The molecule has 1 N–H and O–H groups in total. The number of hydrogen-bond donors (Lipinski definition) is 1. The molecule has 0 radical (unpaired) electrons. The van der Waals surface area contributed by atoms with Gasteiger partial charge in [0.05, 0.1) is 11.5 Å². The number of sulfone groups is 1. The lowest BCUT2D eigenvalue weighted by atomic mass is 9.96. The average Bonchev–Trinajstić information content (AvgIpc) is 3.45. The van der Waals surface area contributed by atoms with E-state index in [0.29, 0.717) is 31.7 Å². The van der Waals surface area contributed by atoms with Crippen LogP contribution in [0.15, 0.2) is 53.4 Å². The Bertz CT molecular complexity index is 920. The molecule has 7 heteroatoms. The van der Waals surface area contributed by atoms with Crippen LogP contribution >= 0.6 is 0 Å². The predicted octanol–water partition coefficient (Wildman–Crippen LogP) is 3.24. The van der Waals surface area contributed by atoms with Gasteiger partial charge in [-0.15, -0.1) is 0 Å². The molecule has 1 aliphatic carbocycles. The third-order valence-corrected chi connectivity index (χ3v) is 6.13. The number of halogens is 1. The van der Waals surface area contributed by atoms with Gasteiger partial charge in [-0.25, -0.2) is 12.8 Å². The number of carbonyl (C=O) groups excluding carboxylic acids is 1. The zero-order valence-electron chi connectivity index (χ0n) is 15.8. The van der Waals surface area contributed by atoms with Crippen molar-refractivity contribution in [3.8, 4) is 5.75 Å². The SMILES string of the molecule is CS(=O)(=O)c1ccc(OCCCC(=O)NCC2(c3ccc(F)cc3)CC2)cc1. The van der Waals surface area contributed by atoms with E-state index in [9.17, 15) is 17.6 Å². The van der Waals surface area contributed by atoms with Gasteiger partial charge in [0.25, 0.3) is 0 Å². The fraction of sp³-hybridized carbons (Fsp3) is 0.381. The Morgan fingerprint density at radius 3 is 2.32 bits per heavy atom. The Hall–Kier alpha value is -2.41. The van der Waals surface area contributed by atoms with Gasteiger partial charge >= 0.3 is 0 Å². The van der Waals surface area contributed by atoms with Gasteiger partial charge in [0.1, 0.15) is 11.6 Å². The maximum absolute atomic E-state index is 13.1. The molecule has 1 fully saturated rings. The standard InChI is InChI=1S/C21H24FNO4S/c1-28(25,26)19-10-8-18(9-11-19)27-14-2-3-20(24)23-15-21(12-13-21)16-4-6-17(22)7-5-16/h4-11H,2-3,12-15H2,1H3,(H,23,24). The zero-order chi connectivity index (χ0) is 20.2. The molecule has 1 amide bonds. The van der Waals surface area contributed by atoms with E-state index in [-0.39, 0.29) is 22.0 Å². The van der Waals surface area contributed by atoms with Crippen LogP contribution in [0, 0.1) is 5.82 Å². The van der Waals surface area contributed by atoms with Crippen LogP contribution in [0.3, 0.4) is 0 Å². The van der Waals surface area contributed by atoms with E-state index in [4.69, 9.17) is 4.74 Å². The Morgan fingerprint density at radius 1 is 1.11 bits per heavy atom. The average molecular weight is 405 g/mol. The van der Waals surface area contributed by atoms with Crippen molar-refractivity contribution in [2.75, 3.05) is 19.4 Å². The first-order chi connectivity index (χ1) is 13.3. The van der Waals surface area contributed by atoms with Crippen molar-refractivity contribution in [1.82, 2.24) is 5.32 Å². The highest BCUT2D eigenvalue weighted by Gasteiger charge is 2.44. The quantitative estimate of drug-likeness (QED) is 0.650. The second kappa shape index (κ2) is 8.31. The molecule has 1 saturated carbocycles. The molecule has 0 aliphatic heterocycles. The third kappa shape index (κ3) is 5.32. The van der Waals surface area contributed by atoms with Crippen molar-refractivity contribution in [2.24, 2.45) is 0 Å². The molecule has 0 spiro atoms. The van der Waals surface area contributed by atoms with E-state index in [2.05, 4.69) is 5.32 Å². The van der Waals surface area contributed by atoms with Gasteiger partial charge in [-0.3, -0.25) is 4.79 Å². The van der Waals surface area contributed by atoms with Crippen LogP contribution < -0.4 is 10.1 Å². The number of amides is 1. The molecular formula is C21H24FNO4S. The summed E-state index contributed by atoms with van der Waals surface area (Å²) in [6, 6.07) is 12.7. The summed E-state index contributed by atoms with van der Waals surface area (Å²) in [5, 5.41) is 2.97. The molecule has 3 rings (SSSR count). The smallest absolute Gasteiger partial charge is 0.220 e. The number of ether oxygens (including phenoxy) is 1. The van der Waals surface area contributed by atoms with Crippen LogP contribution in [0.5, 0.6) is 5.75 Å². The van der Waals surface area contributed by atoms with Gasteiger partial charge in [-0.2, -0.15) is 0 Å². The molecule has 2 aromatic rings. The Kier molecular flexibility index (Phi) is 6.03. The lowest BCUT2D eigenvalue weighted by molar-refractivity contribution is -0.121. The van der Waals surface area contributed by atoms with Crippen LogP contribution in [0.25, 0.3) is 0 Å². The van der Waals surface area contributed by atoms with Crippen LogP contribution in [0.4, 0.5) is 4.39 Å². The highest BCUT2D eigenvalue weighted by Crippen LogP contribution is 2.47. The summed E-state index contributed by atoms with van der Waals surface area (Å²) in [6.45, 7) is 0.931. The van der Waals surface area contributed by atoms with Gasteiger partial charge in [0.2, 0.25) is 5.91 Å². The maximum Gasteiger partial charge on any atom is 0.220 e. The van der Waals surface area contributed by atoms with Crippen LogP contribution in [0.2, 0.25) is 0 Å². The van der Waals surface area contributed by atoms with Gasteiger partial charge in [0.15, 0.2) is 9.84 Å². The van der Waals surface area contributed by atoms with Crippen molar-refractivity contribution in [3.05, 3.63) is 59.9 Å². The van der Waals surface area contributed by atoms with E-state index < -0.39 is 9.84 Å². The Labute approximate surface area is 164 Å². The number of rotatable bonds is 9. The molecule has 0 unspecified atom stereocenters. The summed E-state index contributed by atoms with van der Waals surface area (Å²) < 4.78 is 41.5. The summed E-state index contributed by atoms with van der Waals surface area (Å²) in [5.74, 6) is 0.278. The second-order valence-electron chi connectivity index (χ2n) is 7.26. The first-order valence-electron chi connectivity index (χ1n) is 9.24. The van der Waals surface area contributed by atoms with Crippen molar-refractivity contribution in [1.29, 1.82) is 0 Å². The third-order valence-electron chi connectivity index (χ3n) is 5.00. The van der Waals surface area contributed by atoms with E-state index >= 15 is 0 Å². The van der Waals surface area contributed by atoms with Crippen molar-refractivity contribution in [2.45, 2.75) is 36.0 Å². The Morgan fingerprint density at radius 2 is 1.75 bits per heavy atom. The highest BCUT2D eigenvalue weighted by atomic mass is 32.2. The van der Waals surface area contributed by atoms with Crippen molar-refractivity contribution < 1.29 is 22.3 Å². The topological polar surface area (TPSA) is 72.5 Å². The lowest BCUT2D eigenvalue weighted by Gasteiger charge is -2.16. The minimum atomic E-state index is -3.22. The second-order valence-corrected chi connectivity index (χ2v) is 9.28. The number of benzene rings is 2. The summed E-state index contributed by atoms with van der Waals surface area (Å²) >= 11 is 0. The molecule has 1 aliphatic rings. The van der Waals surface area contributed by atoms with E-state index in [1.807, 2.05) is 0 Å². The molecule has 0 atom stereocenters. The van der Waals surface area contributed by atoms with Crippen LogP contribution in [0.1, 0.15) is 31.2 Å². The summed E-state index contributed by atoms with van der Waals surface area (Å²) in [7, 11) is -3.22. The maximum atomic E-state index is 13.1. The first kappa shape index (κ1) is 20.3. The predicted molar refractivity (Wildman–Crippen MR) is 105 cm³/mol. The van der Waals surface area contributed by atoms with Crippen LogP contribution in [-0.2, 0) is 20.0 Å². The summed E-state index contributed by atoms with van der Waals surface area (Å²) in [6.07, 6.45) is 4.05. The van der Waals surface area contributed by atoms with Crippen LogP contribution in [-0.4, -0.2) is 33.7 Å². The fourth-order valence-corrected chi connectivity index (χ4v) is 3.71. The van der Waals surface area contributed by atoms with E-state index in [1.165, 1.54) is 24.3 Å². The van der Waals surface area contributed by atoms with Gasteiger partial charge in [0, 0.05) is 24.6 Å². The minimum absolute atomic E-state index is 0.0376. The largest absolute Gasteiger partial charge is 0.494 e. The van der Waals surface area contributed by atoms with Crippen molar-refractivity contribution in [3.63, 3.8) is 0 Å². The fourth-order valence-electron chi connectivity index (χ4n) is 3.08. The number of nitrogens with one attached hydrogen (secondary N) is 1. The number of hydrogen-bond acceptors (Lipinski definition) is 4. The van der Waals surface area contributed by atoms with Crippen molar-refractivity contribution >= 4 is 15.7 Å². The first-order valence-corrected chi connectivity index (χ1v) is 11.1. The molecule has 0 heterocycles. The molecule has 0 aromatic heterocycles. The molecule has 0 saturated heterocycles. The normalized spacial score (nSPS) is 15.1. The molecular weight excluding hydrogens is 381 g/mol. The Balaban J connectivity index is 1.37. The summed E-state index contributed by atoms with van der Waals surface area (Å²) in [5.41, 5.74) is 1.01. The monoisotopic (exact) mass is 405 g/mol. The molecule has 2 aromatic carbocycles. The molecule has 28 heavy (non-hydrogen) atoms. The molecule has 5 nitrogen and oxygen atoms in total. The molecule has 150 valence electrons.